The molecule has 1 rings (SSSR count). The Morgan fingerprint density at radius 1 is 1.40 bits per heavy atom. The van der Waals surface area contributed by atoms with Gasteiger partial charge in [-0.1, -0.05) is 0 Å². The number of esters is 1. The average molecular weight is 219 g/mol. The van der Waals surface area contributed by atoms with Gasteiger partial charge in [-0.15, -0.1) is 0 Å². The van der Waals surface area contributed by atoms with Gasteiger partial charge in [-0.3, -0.25) is 0 Å². The van der Waals surface area contributed by atoms with E-state index in [1.807, 2.05) is 0 Å². The molecule has 1 heterocycles. The van der Waals surface area contributed by atoms with Gasteiger partial charge < -0.3 is 4.74 Å². The van der Waals surface area contributed by atoms with Crippen molar-refractivity contribution in [1.82, 2.24) is 4.98 Å². The number of hydrogen-bond donors (Lipinski definition) is 0. The number of nitrogens with zero attached hydrogens (tertiary/aromatic N) is 1. The molecule has 0 N–H and O–H groups in total. The second kappa shape index (κ2) is 4.29. The van der Waals surface area contributed by atoms with E-state index < -0.39 is 35.3 Å². The SMILES string of the molecule is CC(C)OC(=O)c1cc(F)nc(F)c1F. The van der Waals surface area contributed by atoms with Crippen LogP contribution in [0, 0.1) is 17.7 Å². The summed E-state index contributed by atoms with van der Waals surface area (Å²) in [4.78, 5) is 13.7. The van der Waals surface area contributed by atoms with Crippen molar-refractivity contribution in [2.45, 2.75) is 20.0 Å². The zero-order valence-electron chi connectivity index (χ0n) is 8.05. The van der Waals surface area contributed by atoms with Crippen LogP contribution < -0.4 is 0 Å². The maximum absolute atomic E-state index is 13.0. The second-order valence-electron chi connectivity index (χ2n) is 3.05. The van der Waals surface area contributed by atoms with Gasteiger partial charge in [-0.2, -0.15) is 13.8 Å². The molecule has 0 aliphatic rings. The van der Waals surface area contributed by atoms with Crippen molar-refractivity contribution < 1.29 is 22.7 Å². The number of pyridine rings is 1. The number of carbonyl (C=O) groups excluding carboxylic acids is 1. The summed E-state index contributed by atoms with van der Waals surface area (Å²) in [5.74, 6) is -5.57. The molecule has 0 fully saturated rings. The minimum atomic E-state index is -1.66. The van der Waals surface area contributed by atoms with E-state index in [-0.39, 0.29) is 0 Å². The van der Waals surface area contributed by atoms with E-state index in [0.717, 1.165) is 0 Å². The second-order valence-corrected chi connectivity index (χ2v) is 3.05. The van der Waals surface area contributed by atoms with Gasteiger partial charge in [-0.05, 0) is 13.8 Å². The van der Waals surface area contributed by atoms with E-state index in [1.54, 1.807) is 0 Å². The van der Waals surface area contributed by atoms with Gasteiger partial charge in [-0.25, -0.2) is 9.18 Å². The number of hydrogen-bond acceptors (Lipinski definition) is 3. The molecule has 6 heteroatoms. The lowest BCUT2D eigenvalue weighted by molar-refractivity contribution is 0.0370. The molecule has 0 saturated carbocycles. The molecule has 0 aromatic carbocycles. The number of ether oxygens (including phenoxy) is 1. The van der Waals surface area contributed by atoms with Crippen LogP contribution in [-0.2, 0) is 4.74 Å². The van der Waals surface area contributed by atoms with E-state index in [9.17, 15) is 18.0 Å². The number of halogens is 3. The molecular weight excluding hydrogens is 211 g/mol. The summed E-state index contributed by atoms with van der Waals surface area (Å²) < 4.78 is 42.7. The summed E-state index contributed by atoms with van der Waals surface area (Å²) in [7, 11) is 0. The van der Waals surface area contributed by atoms with E-state index >= 15 is 0 Å². The highest BCUT2D eigenvalue weighted by molar-refractivity contribution is 5.89. The molecule has 15 heavy (non-hydrogen) atoms. The highest BCUT2D eigenvalue weighted by Gasteiger charge is 2.20. The summed E-state index contributed by atoms with van der Waals surface area (Å²) >= 11 is 0. The maximum atomic E-state index is 13.0. The van der Waals surface area contributed by atoms with Crippen LogP contribution in [0.3, 0.4) is 0 Å². The van der Waals surface area contributed by atoms with E-state index in [4.69, 9.17) is 0 Å². The largest absolute Gasteiger partial charge is 0.459 e. The van der Waals surface area contributed by atoms with Gasteiger partial charge in [0.15, 0.2) is 5.82 Å². The van der Waals surface area contributed by atoms with Crippen molar-refractivity contribution in [2.24, 2.45) is 0 Å². The van der Waals surface area contributed by atoms with Crippen molar-refractivity contribution in [3.05, 3.63) is 29.3 Å². The first-order valence-corrected chi connectivity index (χ1v) is 4.14. The lowest BCUT2D eigenvalue weighted by atomic mass is 10.2. The maximum Gasteiger partial charge on any atom is 0.341 e. The molecule has 0 bridgehead atoms. The first-order valence-electron chi connectivity index (χ1n) is 4.14. The molecule has 0 saturated heterocycles. The molecule has 0 spiro atoms. The van der Waals surface area contributed by atoms with E-state index in [2.05, 4.69) is 9.72 Å². The number of aromatic nitrogens is 1. The molecule has 0 atom stereocenters. The normalized spacial score (nSPS) is 10.5. The minimum Gasteiger partial charge on any atom is -0.459 e. The molecule has 0 aliphatic carbocycles. The number of rotatable bonds is 2. The smallest absolute Gasteiger partial charge is 0.341 e. The van der Waals surface area contributed by atoms with Crippen LogP contribution in [-0.4, -0.2) is 17.1 Å². The Kier molecular flexibility index (Phi) is 3.28. The van der Waals surface area contributed by atoms with Gasteiger partial charge in [0.2, 0.25) is 5.95 Å². The number of carbonyl (C=O) groups is 1. The molecule has 0 radical (unpaired) electrons. The van der Waals surface area contributed by atoms with Crippen molar-refractivity contribution in [3.63, 3.8) is 0 Å². The standard InChI is InChI=1S/C9H8F3NO2/c1-4(2)15-9(14)5-3-6(10)13-8(12)7(5)11/h3-4H,1-2H3. The Hall–Kier alpha value is -1.59. The average Bonchev–Trinajstić information content (AvgIpc) is 2.09. The molecular formula is C9H8F3NO2. The van der Waals surface area contributed by atoms with Gasteiger partial charge in [0.1, 0.15) is 5.56 Å². The monoisotopic (exact) mass is 219 g/mol. The molecule has 1 aromatic heterocycles. The molecule has 1 aromatic rings. The predicted octanol–water partition coefficient (Wildman–Crippen LogP) is 2.06. The van der Waals surface area contributed by atoms with Crippen molar-refractivity contribution in [1.29, 1.82) is 0 Å². The first-order chi connectivity index (χ1) is 6.91. The summed E-state index contributed by atoms with van der Waals surface area (Å²) in [5, 5.41) is 0. The fourth-order valence-electron chi connectivity index (χ4n) is 0.895. The molecule has 82 valence electrons. The predicted molar refractivity (Wildman–Crippen MR) is 44.7 cm³/mol. The third kappa shape index (κ3) is 2.68. The van der Waals surface area contributed by atoms with Crippen molar-refractivity contribution in [2.75, 3.05) is 0 Å². The Bertz CT molecular complexity index is 393. The van der Waals surface area contributed by atoms with Crippen LogP contribution in [0.15, 0.2) is 6.07 Å². The Balaban J connectivity index is 3.08. The lowest BCUT2D eigenvalue weighted by Crippen LogP contribution is -2.15. The van der Waals surface area contributed by atoms with E-state index in [1.165, 1.54) is 13.8 Å². The zero-order chi connectivity index (χ0) is 11.6. The van der Waals surface area contributed by atoms with Crippen LogP contribution >= 0.6 is 0 Å². The summed E-state index contributed by atoms with van der Waals surface area (Å²) in [6.45, 7) is 3.06. The lowest BCUT2D eigenvalue weighted by Gasteiger charge is -2.08. The molecule has 0 unspecified atom stereocenters. The highest BCUT2D eigenvalue weighted by Crippen LogP contribution is 2.13. The first kappa shape index (κ1) is 11.5. The van der Waals surface area contributed by atoms with Gasteiger partial charge in [0.25, 0.3) is 5.95 Å². The topological polar surface area (TPSA) is 39.2 Å². The van der Waals surface area contributed by atoms with Gasteiger partial charge in [0.05, 0.1) is 6.10 Å². The molecule has 0 amide bonds. The van der Waals surface area contributed by atoms with Crippen LogP contribution in [0.1, 0.15) is 24.2 Å². The third-order valence-electron chi connectivity index (χ3n) is 1.45. The van der Waals surface area contributed by atoms with Crippen molar-refractivity contribution in [3.8, 4) is 0 Å². The Labute approximate surface area is 83.9 Å². The summed E-state index contributed by atoms with van der Waals surface area (Å²) in [6.07, 6.45) is -0.504. The Morgan fingerprint density at radius 3 is 2.53 bits per heavy atom. The van der Waals surface area contributed by atoms with Crippen molar-refractivity contribution >= 4 is 5.97 Å². The molecule has 3 nitrogen and oxygen atoms in total. The van der Waals surface area contributed by atoms with Crippen LogP contribution in [0.2, 0.25) is 0 Å². The summed E-state index contributed by atoms with van der Waals surface area (Å²) in [6, 6.07) is 0.489. The van der Waals surface area contributed by atoms with E-state index in [0.29, 0.717) is 6.07 Å². The van der Waals surface area contributed by atoms with Gasteiger partial charge in [0, 0.05) is 6.07 Å². The minimum absolute atomic E-state index is 0.489. The highest BCUT2D eigenvalue weighted by atomic mass is 19.2. The van der Waals surface area contributed by atoms with Crippen LogP contribution in [0.25, 0.3) is 0 Å². The molecule has 0 aliphatic heterocycles. The fourth-order valence-corrected chi connectivity index (χ4v) is 0.895. The summed E-state index contributed by atoms with van der Waals surface area (Å²) in [5.41, 5.74) is -0.797. The fraction of sp³-hybridized carbons (Fsp3) is 0.333. The quantitative estimate of drug-likeness (QED) is 0.564. The van der Waals surface area contributed by atoms with Crippen LogP contribution in [0.5, 0.6) is 0 Å². The van der Waals surface area contributed by atoms with Crippen LogP contribution in [0.4, 0.5) is 13.2 Å². The van der Waals surface area contributed by atoms with Gasteiger partial charge >= 0.3 is 5.97 Å². The third-order valence-corrected chi connectivity index (χ3v) is 1.45. The Morgan fingerprint density at radius 2 is 2.00 bits per heavy atom. The zero-order valence-corrected chi connectivity index (χ0v) is 8.05.